The number of morpholine rings is 1. The van der Waals surface area contributed by atoms with Gasteiger partial charge in [0.05, 0.1) is 18.6 Å². The molecule has 0 aromatic heterocycles. The molecule has 4 rings (SSSR count). The lowest BCUT2D eigenvalue weighted by Crippen LogP contribution is -2.48. The van der Waals surface area contributed by atoms with E-state index in [2.05, 4.69) is 23.5 Å². The van der Waals surface area contributed by atoms with Gasteiger partial charge in [-0.05, 0) is 73.9 Å². The first kappa shape index (κ1) is 21.6. The largest absolute Gasteiger partial charge is 0.372 e. The number of hydrogen-bond donors (Lipinski definition) is 1. The average Bonchev–Trinajstić information content (AvgIpc) is 2.77. The summed E-state index contributed by atoms with van der Waals surface area (Å²) in [4.78, 5) is 27.0. The third-order valence-corrected chi connectivity index (χ3v) is 6.17. The maximum Gasteiger partial charge on any atom is 0.254 e. The number of carbonyl (C=O) groups excluding carboxylic acids is 2. The fourth-order valence-corrected chi connectivity index (χ4v) is 4.64. The fraction of sp³-hybridized carbons (Fsp3) is 0.462. The third-order valence-electron chi connectivity index (χ3n) is 6.17. The molecule has 1 aliphatic heterocycles. The lowest BCUT2D eigenvalue weighted by molar-refractivity contribution is -0.120. The Kier molecular flexibility index (Phi) is 6.71. The minimum absolute atomic E-state index is 0.0206. The minimum Gasteiger partial charge on any atom is -0.372 e. The van der Waals surface area contributed by atoms with Gasteiger partial charge in [0.2, 0.25) is 5.91 Å². The maximum atomic E-state index is 12.8. The van der Waals surface area contributed by atoms with Crippen LogP contribution in [0.2, 0.25) is 0 Å². The molecular weight excluding hydrogens is 388 g/mol. The summed E-state index contributed by atoms with van der Waals surface area (Å²) in [6.45, 7) is 5.68. The van der Waals surface area contributed by atoms with E-state index in [0.29, 0.717) is 31.6 Å². The van der Waals surface area contributed by atoms with Crippen molar-refractivity contribution in [2.24, 2.45) is 0 Å². The van der Waals surface area contributed by atoms with Gasteiger partial charge in [0.25, 0.3) is 5.91 Å². The van der Waals surface area contributed by atoms with Crippen molar-refractivity contribution in [1.82, 2.24) is 10.2 Å². The molecule has 2 atom stereocenters. The summed E-state index contributed by atoms with van der Waals surface area (Å²) in [5.74, 6) is 0.0530. The topological polar surface area (TPSA) is 58.6 Å². The van der Waals surface area contributed by atoms with Gasteiger partial charge >= 0.3 is 0 Å². The number of fused-ring (bicyclic) bond motifs is 1. The van der Waals surface area contributed by atoms with E-state index in [1.165, 1.54) is 24.0 Å². The standard InChI is InChI=1S/C26H32N2O3/c1-18-16-28(17-19(2)31-18)26(30)23-11-7-20(8-12-23)15-27-25(29)14-21-9-10-22-5-3-4-6-24(22)13-21/h7-13,18-19H,3-6,14-17H2,1-2H3,(H,27,29). The van der Waals surface area contributed by atoms with Crippen LogP contribution >= 0.6 is 0 Å². The Balaban J connectivity index is 1.29. The van der Waals surface area contributed by atoms with Crippen LogP contribution in [0.3, 0.4) is 0 Å². The lowest BCUT2D eigenvalue weighted by Gasteiger charge is -2.35. The monoisotopic (exact) mass is 420 g/mol. The Morgan fingerprint density at radius 2 is 1.58 bits per heavy atom. The molecule has 2 aromatic carbocycles. The number of hydrogen-bond acceptors (Lipinski definition) is 3. The second kappa shape index (κ2) is 9.65. The van der Waals surface area contributed by atoms with Gasteiger partial charge in [-0.15, -0.1) is 0 Å². The second-order valence-corrected chi connectivity index (χ2v) is 8.93. The molecule has 1 fully saturated rings. The van der Waals surface area contributed by atoms with E-state index >= 15 is 0 Å². The van der Waals surface area contributed by atoms with Crippen molar-refractivity contribution in [2.75, 3.05) is 13.1 Å². The smallest absolute Gasteiger partial charge is 0.254 e. The highest BCUT2D eigenvalue weighted by Crippen LogP contribution is 2.22. The van der Waals surface area contributed by atoms with Crippen LogP contribution in [0.5, 0.6) is 0 Å². The van der Waals surface area contributed by atoms with Crippen LogP contribution in [0, 0.1) is 0 Å². The molecule has 5 heteroatoms. The number of ether oxygens (including phenoxy) is 1. The van der Waals surface area contributed by atoms with Crippen LogP contribution in [-0.4, -0.2) is 42.0 Å². The summed E-state index contributed by atoms with van der Waals surface area (Å²) in [5, 5.41) is 3.00. The third kappa shape index (κ3) is 5.53. The highest BCUT2D eigenvalue weighted by atomic mass is 16.5. The first-order valence-corrected chi connectivity index (χ1v) is 11.4. The van der Waals surface area contributed by atoms with E-state index in [4.69, 9.17) is 4.74 Å². The predicted octanol–water partition coefficient (Wildman–Crippen LogP) is 3.67. The highest BCUT2D eigenvalue weighted by Gasteiger charge is 2.26. The zero-order valence-corrected chi connectivity index (χ0v) is 18.5. The molecule has 0 bridgehead atoms. The van der Waals surface area contributed by atoms with Crippen LogP contribution < -0.4 is 5.32 Å². The van der Waals surface area contributed by atoms with Crippen LogP contribution in [0.4, 0.5) is 0 Å². The van der Waals surface area contributed by atoms with E-state index in [0.717, 1.165) is 24.0 Å². The Hall–Kier alpha value is -2.66. The molecule has 31 heavy (non-hydrogen) atoms. The van der Waals surface area contributed by atoms with E-state index in [1.807, 2.05) is 43.0 Å². The summed E-state index contributed by atoms with van der Waals surface area (Å²) in [6.07, 6.45) is 5.29. The second-order valence-electron chi connectivity index (χ2n) is 8.93. The maximum absolute atomic E-state index is 12.8. The Labute approximate surface area is 184 Å². The zero-order valence-electron chi connectivity index (χ0n) is 18.5. The minimum atomic E-state index is 0.0206. The van der Waals surface area contributed by atoms with Gasteiger partial charge in [-0.1, -0.05) is 30.3 Å². The molecular formula is C26H32N2O3. The average molecular weight is 421 g/mol. The number of nitrogens with zero attached hydrogens (tertiary/aromatic N) is 1. The summed E-state index contributed by atoms with van der Waals surface area (Å²) in [6, 6.07) is 14.0. The molecule has 0 radical (unpaired) electrons. The van der Waals surface area contributed by atoms with Crippen molar-refractivity contribution in [3.8, 4) is 0 Å². The van der Waals surface area contributed by atoms with Gasteiger partial charge in [0, 0.05) is 25.2 Å². The lowest BCUT2D eigenvalue weighted by atomic mass is 9.90. The summed E-state index contributed by atoms with van der Waals surface area (Å²) in [7, 11) is 0. The molecule has 164 valence electrons. The molecule has 2 unspecified atom stereocenters. The molecule has 2 aliphatic rings. The van der Waals surface area contributed by atoms with Gasteiger partial charge < -0.3 is 15.0 Å². The van der Waals surface area contributed by atoms with Gasteiger partial charge in [-0.25, -0.2) is 0 Å². The molecule has 1 aliphatic carbocycles. The normalized spacial score (nSPS) is 20.8. The van der Waals surface area contributed by atoms with E-state index in [1.54, 1.807) is 0 Å². The number of rotatable bonds is 5. The molecule has 0 saturated carbocycles. The van der Waals surface area contributed by atoms with Crippen molar-refractivity contribution in [3.63, 3.8) is 0 Å². The zero-order chi connectivity index (χ0) is 21.8. The summed E-state index contributed by atoms with van der Waals surface area (Å²) < 4.78 is 5.71. The van der Waals surface area contributed by atoms with Gasteiger partial charge in [-0.3, -0.25) is 9.59 Å². The summed E-state index contributed by atoms with van der Waals surface area (Å²) >= 11 is 0. The first-order chi connectivity index (χ1) is 15.0. The summed E-state index contributed by atoms with van der Waals surface area (Å²) in [5.41, 5.74) is 5.57. The van der Waals surface area contributed by atoms with Gasteiger partial charge in [0.1, 0.15) is 0 Å². The molecule has 1 heterocycles. The van der Waals surface area contributed by atoms with Crippen molar-refractivity contribution in [2.45, 2.75) is 64.7 Å². The first-order valence-electron chi connectivity index (χ1n) is 11.4. The Morgan fingerprint density at radius 3 is 2.29 bits per heavy atom. The van der Waals surface area contributed by atoms with Crippen LogP contribution in [0.25, 0.3) is 0 Å². The van der Waals surface area contributed by atoms with E-state index in [9.17, 15) is 9.59 Å². The van der Waals surface area contributed by atoms with Gasteiger partial charge in [-0.2, -0.15) is 0 Å². The number of aryl methyl sites for hydroxylation is 2. The van der Waals surface area contributed by atoms with Gasteiger partial charge in [0.15, 0.2) is 0 Å². The molecule has 2 aromatic rings. The number of nitrogens with one attached hydrogen (secondary N) is 1. The molecule has 0 spiro atoms. The molecule has 5 nitrogen and oxygen atoms in total. The Bertz CT molecular complexity index is 928. The number of amides is 2. The Morgan fingerprint density at radius 1 is 0.935 bits per heavy atom. The number of carbonyl (C=O) groups is 2. The van der Waals surface area contributed by atoms with Crippen molar-refractivity contribution in [1.29, 1.82) is 0 Å². The highest BCUT2D eigenvalue weighted by molar-refractivity contribution is 5.94. The SMILES string of the molecule is CC1CN(C(=O)c2ccc(CNC(=O)Cc3ccc4c(c3)CCCC4)cc2)CC(C)O1. The van der Waals surface area contributed by atoms with Crippen molar-refractivity contribution in [3.05, 3.63) is 70.3 Å². The van der Waals surface area contributed by atoms with E-state index < -0.39 is 0 Å². The number of benzene rings is 2. The van der Waals surface area contributed by atoms with Crippen molar-refractivity contribution < 1.29 is 14.3 Å². The molecule has 1 saturated heterocycles. The van der Waals surface area contributed by atoms with E-state index in [-0.39, 0.29) is 24.0 Å². The predicted molar refractivity (Wildman–Crippen MR) is 121 cm³/mol. The quantitative estimate of drug-likeness (QED) is 0.803. The van der Waals surface area contributed by atoms with Crippen LogP contribution in [-0.2, 0) is 35.3 Å². The van der Waals surface area contributed by atoms with Crippen LogP contribution in [0.15, 0.2) is 42.5 Å². The molecule has 2 amide bonds. The molecule has 1 N–H and O–H groups in total. The fourth-order valence-electron chi connectivity index (χ4n) is 4.64. The van der Waals surface area contributed by atoms with Crippen molar-refractivity contribution >= 4 is 11.8 Å². The van der Waals surface area contributed by atoms with Crippen LogP contribution in [0.1, 0.15) is 59.3 Å².